The van der Waals surface area contributed by atoms with Crippen molar-refractivity contribution in [3.8, 4) is 17.2 Å². The summed E-state index contributed by atoms with van der Waals surface area (Å²) >= 11 is 0. The number of aliphatic hydroxyl groups is 6. The quantitative estimate of drug-likeness (QED) is 0.0397. The van der Waals surface area contributed by atoms with E-state index in [2.05, 4.69) is 0 Å². The fourth-order valence-corrected chi connectivity index (χ4v) is 6.96. The molecule has 15 heteroatoms. The van der Waals surface area contributed by atoms with Crippen LogP contribution in [0.2, 0.25) is 0 Å². The van der Waals surface area contributed by atoms with Crippen LogP contribution in [0.5, 0.6) is 17.2 Å². The summed E-state index contributed by atoms with van der Waals surface area (Å²) in [5.41, 5.74) is 12.8. The lowest BCUT2D eigenvalue weighted by atomic mass is 9.77. The number of aromatic hydroxyl groups is 1. The van der Waals surface area contributed by atoms with E-state index in [0.29, 0.717) is 23.1 Å². The van der Waals surface area contributed by atoms with Gasteiger partial charge in [0.15, 0.2) is 17.7 Å². The van der Waals surface area contributed by atoms with E-state index in [4.69, 9.17) is 25.7 Å². The van der Waals surface area contributed by atoms with Crippen molar-refractivity contribution in [1.29, 1.82) is 0 Å². The van der Waals surface area contributed by atoms with Crippen molar-refractivity contribution in [2.24, 2.45) is 11.5 Å². The Hall–Kier alpha value is -5.33. The Morgan fingerprint density at radius 1 is 0.911 bits per heavy atom. The van der Waals surface area contributed by atoms with Gasteiger partial charge in [-0.15, -0.1) is 0 Å². The molecule has 0 spiro atoms. The van der Waals surface area contributed by atoms with E-state index in [1.165, 1.54) is 19.1 Å². The minimum Gasteiger partial charge on any atom is -0.507 e. The third kappa shape index (κ3) is 7.60. The first-order valence-corrected chi connectivity index (χ1v) is 17.7. The molecule has 4 atom stereocenters. The molecule has 0 amide bonds. The van der Waals surface area contributed by atoms with Crippen LogP contribution >= 0.6 is 0 Å². The summed E-state index contributed by atoms with van der Waals surface area (Å²) in [5.74, 6) is -6.71. The number of hydrogen-bond acceptors (Lipinski definition) is 15. The van der Waals surface area contributed by atoms with E-state index >= 15 is 0 Å². The Morgan fingerprint density at radius 3 is 2.30 bits per heavy atom. The van der Waals surface area contributed by atoms with Gasteiger partial charge in [-0.25, -0.2) is 0 Å². The van der Waals surface area contributed by atoms with Gasteiger partial charge in [0.25, 0.3) is 0 Å². The lowest BCUT2D eigenvalue weighted by molar-refractivity contribution is -0.371. The number of hydrogen-bond donors (Lipinski definition) is 9. The van der Waals surface area contributed by atoms with Crippen LogP contribution in [0.15, 0.2) is 60.7 Å². The number of carbonyl (C=O) groups excluding carboxylic acids is 3. The van der Waals surface area contributed by atoms with Gasteiger partial charge in [-0.3, -0.25) is 14.4 Å². The van der Waals surface area contributed by atoms with Gasteiger partial charge in [0, 0.05) is 47.8 Å². The van der Waals surface area contributed by atoms with E-state index < -0.39 is 72.0 Å². The first-order valence-electron chi connectivity index (χ1n) is 17.7. The molecule has 6 rings (SSSR count). The first kappa shape index (κ1) is 40.3. The van der Waals surface area contributed by atoms with Crippen molar-refractivity contribution < 1.29 is 64.3 Å². The Bertz CT molecular complexity index is 2230. The van der Waals surface area contributed by atoms with Crippen molar-refractivity contribution >= 4 is 29.7 Å². The number of benzene rings is 4. The van der Waals surface area contributed by atoms with Crippen LogP contribution in [0.4, 0.5) is 0 Å². The number of fused-ring (bicyclic) bond motifs is 2. The van der Waals surface area contributed by atoms with E-state index in [9.17, 15) is 50.1 Å². The van der Waals surface area contributed by atoms with Crippen LogP contribution in [0, 0.1) is 0 Å². The molecule has 1 heterocycles. The highest BCUT2D eigenvalue weighted by Crippen LogP contribution is 2.45. The van der Waals surface area contributed by atoms with Crippen LogP contribution in [0.1, 0.15) is 90.8 Å². The molecule has 1 fully saturated rings. The molecule has 0 radical (unpaired) electrons. The normalized spacial score (nSPS) is 20.3. The fourth-order valence-electron chi connectivity index (χ4n) is 6.96. The highest BCUT2D eigenvalue weighted by atomic mass is 16.7. The monoisotopic (exact) mass is 770 g/mol. The highest BCUT2D eigenvalue weighted by Gasteiger charge is 2.54. The molecular weight excluding hydrogens is 728 g/mol. The van der Waals surface area contributed by atoms with Crippen LogP contribution in [0.3, 0.4) is 0 Å². The molecule has 4 aromatic rings. The molecule has 1 aliphatic carbocycles. The smallest absolute Gasteiger partial charge is 0.308 e. The molecule has 0 saturated carbocycles. The van der Waals surface area contributed by atoms with E-state index in [-0.39, 0.29) is 57.9 Å². The zero-order valence-corrected chi connectivity index (χ0v) is 30.4. The summed E-state index contributed by atoms with van der Waals surface area (Å²) in [6.45, 7) is 1.60. The van der Waals surface area contributed by atoms with Crippen LogP contribution in [-0.2, 0) is 29.0 Å². The molecule has 15 nitrogen and oxygen atoms in total. The summed E-state index contributed by atoms with van der Waals surface area (Å²) in [7, 11) is 0. The summed E-state index contributed by atoms with van der Waals surface area (Å²) in [6.07, 6.45) is -4.93. The van der Waals surface area contributed by atoms with Gasteiger partial charge in [-0.2, -0.15) is 0 Å². The number of esters is 1. The number of carbonyl (C=O) groups is 3. The van der Waals surface area contributed by atoms with E-state index in [1.807, 2.05) is 6.07 Å². The number of ketones is 2. The van der Waals surface area contributed by atoms with E-state index in [1.54, 1.807) is 48.5 Å². The van der Waals surface area contributed by atoms with E-state index in [0.717, 1.165) is 18.6 Å². The zero-order chi connectivity index (χ0) is 40.6. The molecular formula is C41H42N2O13. The van der Waals surface area contributed by atoms with Gasteiger partial charge >= 0.3 is 5.97 Å². The Labute approximate surface area is 320 Å². The summed E-state index contributed by atoms with van der Waals surface area (Å²) in [4.78, 5) is 41.6. The van der Waals surface area contributed by atoms with Crippen LogP contribution in [0.25, 0.3) is 12.2 Å². The number of phenolic OH excluding ortho intramolecular Hbond substituents is 1. The van der Waals surface area contributed by atoms with Gasteiger partial charge in [0.2, 0.25) is 12.1 Å². The second kappa shape index (κ2) is 16.0. The molecule has 4 unspecified atom stereocenters. The largest absolute Gasteiger partial charge is 0.507 e. The molecule has 1 aliphatic heterocycles. The molecule has 1 saturated heterocycles. The van der Waals surface area contributed by atoms with Gasteiger partial charge < -0.3 is 61.4 Å². The van der Waals surface area contributed by atoms with Crippen molar-refractivity contribution in [1.82, 2.24) is 0 Å². The van der Waals surface area contributed by atoms with Crippen molar-refractivity contribution in [3.05, 3.63) is 122 Å². The maximum Gasteiger partial charge on any atom is 0.308 e. The predicted octanol–water partition coefficient (Wildman–Crippen LogP) is 1.32. The molecule has 4 aromatic carbocycles. The minimum absolute atomic E-state index is 0.00382. The third-order valence-electron chi connectivity index (χ3n) is 9.80. The average Bonchev–Trinajstić information content (AvgIpc) is 3.15. The zero-order valence-electron chi connectivity index (χ0n) is 30.4. The van der Waals surface area contributed by atoms with Crippen LogP contribution in [-0.4, -0.2) is 90.3 Å². The van der Waals surface area contributed by atoms with Gasteiger partial charge in [0.05, 0.1) is 24.4 Å². The Kier molecular flexibility index (Phi) is 11.5. The maximum absolute atomic E-state index is 14.8. The molecule has 2 aliphatic rings. The minimum atomic E-state index is -3.10. The Balaban J connectivity index is 1.56. The van der Waals surface area contributed by atoms with Gasteiger partial charge in [0.1, 0.15) is 23.4 Å². The molecule has 0 aromatic heterocycles. The molecule has 294 valence electrons. The third-order valence-corrected chi connectivity index (χ3v) is 9.80. The number of nitrogens with two attached hydrogens (primary N) is 2. The van der Waals surface area contributed by atoms with Gasteiger partial charge in [-0.05, 0) is 59.4 Å². The highest BCUT2D eigenvalue weighted by molar-refractivity contribution is 6.31. The summed E-state index contributed by atoms with van der Waals surface area (Å²) < 4.78 is 17.1. The average molecular weight is 771 g/mol. The SMILES string of the molecule is CC(=O)Oc1cc(CO)c2c(c1C=Cc1cccc(CCO)c1)C(=O)c1cc(OC3OC(C)C(O)C(O)(O)C3O)c(Cc3cccc(C(N)N)c3)c(O)c1C2=O. The number of rotatable bonds is 11. The lowest BCUT2D eigenvalue weighted by Crippen LogP contribution is -2.67. The Morgan fingerprint density at radius 2 is 1.62 bits per heavy atom. The van der Waals surface area contributed by atoms with Crippen molar-refractivity contribution in [2.45, 2.75) is 69.9 Å². The molecule has 0 bridgehead atoms. The summed E-state index contributed by atoms with van der Waals surface area (Å²) in [5, 5.41) is 74.1. The first-order chi connectivity index (χ1) is 26.6. The molecule has 11 N–H and O–H groups in total. The topological polar surface area (TPSA) is 273 Å². The standard InChI is InChI=1S/C41H42N2O13/c1-19-37(50)41(52,53)38(51)40(54-19)56-30-17-28-33(34(47)27(30)15-23-7-4-8-24(14-23)39(42)43)36(49)31-25(18-45)16-29(55-20(2)46)26(32(31)35(28)48)10-9-21-5-3-6-22(13-21)11-12-44/h3-10,13-14,16-17,19,37-40,44-45,47,50-53H,11-12,15,18,42-43H2,1-2H3. The van der Waals surface area contributed by atoms with Gasteiger partial charge in [-0.1, -0.05) is 54.6 Å². The second-order valence-corrected chi connectivity index (χ2v) is 13.7. The lowest BCUT2D eigenvalue weighted by Gasteiger charge is -2.44. The van der Waals surface area contributed by atoms with Crippen LogP contribution < -0.4 is 20.9 Å². The summed E-state index contributed by atoms with van der Waals surface area (Å²) in [6, 6.07) is 16.2. The number of phenols is 1. The second-order valence-electron chi connectivity index (χ2n) is 13.7. The van der Waals surface area contributed by atoms with Crippen molar-refractivity contribution in [3.63, 3.8) is 0 Å². The fraction of sp³-hybridized carbons (Fsp3) is 0.293. The number of aliphatic hydroxyl groups excluding tert-OH is 4. The number of ether oxygens (including phenoxy) is 3. The molecule has 56 heavy (non-hydrogen) atoms. The predicted molar refractivity (Wildman–Crippen MR) is 199 cm³/mol. The maximum atomic E-state index is 14.8. The van der Waals surface area contributed by atoms with Crippen molar-refractivity contribution in [2.75, 3.05) is 6.61 Å².